The van der Waals surface area contributed by atoms with E-state index in [0.717, 1.165) is 25.8 Å². The minimum Gasteiger partial charge on any atom is -0.365 e. The third-order valence-electron chi connectivity index (χ3n) is 5.02. The third kappa shape index (κ3) is 6.41. The van der Waals surface area contributed by atoms with Crippen molar-refractivity contribution < 1.29 is 8.78 Å². The van der Waals surface area contributed by atoms with Crippen molar-refractivity contribution in [3.05, 3.63) is 64.6 Å². The number of halogens is 3. The lowest BCUT2D eigenvalue weighted by atomic mass is 10.2. The van der Waals surface area contributed by atoms with E-state index in [4.69, 9.17) is 0 Å². The number of guanidine groups is 1. The second-order valence-electron chi connectivity index (χ2n) is 7.08. The van der Waals surface area contributed by atoms with Gasteiger partial charge in [0.15, 0.2) is 5.96 Å². The number of anilines is 1. The standard InChI is InChI=1S/C21H27F2N5O.HI/c1-24-21(25-11-3-5-13-27-12-4-2-9-19(27)29)26-16-10-14-28(15-16)20-17(22)7-6-8-18(20)23;/h2,4,6-9,12,16H,3,5,10-11,13-15H2,1H3,(H2,24,25,26);1H. The summed E-state index contributed by atoms with van der Waals surface area (Å²) in [4.78, 5) is 17.6. The van der Waals surface area contributed by atoms with E-state index >= 15 is 0 Å². The summed E-state index contributed by atoms with van der Waals surface area (Å²) in [6.07, 6.45) is 4.32. The molecule has 0 spiro atoms. The van der Waals surface area contributed by atoms with E-state index in [9.17, 15) is 13.6 Å². The number of nitrogens with one attached hydrogen (secondary N) is 2. The molecule has 2 heterocycles. The van der Waals surface area contributed by atoms with Crippen LogP contribution in [0.3, 0.4) is 0 Å². The predicted molar refractivity (Wildman–Crippen MR) is 127 cm³/mol. The number of hydrogen-bond donors (Lipinski definition) is 2. The number of aromatic nitrogens is 1. The van der Waals surface area contributed by atoms with Crippen molar-refractivity contribution in [1.82, 2.24) is 15.2 Å². The molecular formula is C21H28F2IN5O. The van der Waals surface area contributed by atoms with E-state index in [1.54, 1.807) is 34.8 Å². The molecule has 1 atom stereocenters. The van der Waals surface area contributed by atoms with Crippen molar-refractivity contribution >= 4 is 35.6 Å². The van der Waals surface area contributed by atoms with E-state index in [1.807, 2.05) is 6.07 Å². The lowest BCUT2D eigenvalue weighted by molar-refractivity contribution is 0.574. The van der Waals surface area contributed by atoms with Crippen LogP contribution < -0.4 is 21.1 Å². The molecule has 1 fully saturated rings. The monoisotopic (exact) mass is 531 g/mol. The molecule has 2 N–H and O–H groups in total. The van der Waals surface area contributed by atoms with Gasteiger partial charge in [-0.3, -0.25) is 9.79 Å². The molecule has 1 aliphatic rings. The highest BCUT2D eigenvalue weighted by molar-refractivity contribution is 14.0. The molecule has 1 saturated heterocycles. The van der Waals surface area contributed by atoms with Gasteiger partial charge in [-0.1, -0.05) is 12.1 Å². The van der Waals surface area contributed by atoms with Gasteiger partial charge in [-0.15, -0.1) is 24.0 Å². The van der Waals surface area contributed by atoms with Crippen LogP contribution in [0.15, 0.2) is 52.4 Å². The quantitative estimate of drug-likeness (QED) is 0.250. The van der Waals surface area contributed by atoms with Gasteiger partial charge in [0.05, 0.1) is 0 Å². The summed E-state index contributed by atoms with van der Waals surface area (Å²) in [5.41, 5.74) is 0.0471. The highest BCUT2D eigenvalue weighted by Gasteiger charge is 2.27. The average molecular weight is 531 g/mol. The van der Waals surface area contributed by atoms with Crippen LogP contribution in [0.4, 0.5) is 14.5 Å². The Hall–Kier alpha value is -2.17. The molecule has 6 nitrogen and oxygen atoms in total. The smallest absolute Gasteiger partial charge is 0.250 e. The maximum atomic E-state index is 14.0. The molecule has 9 heteroatoms. The Balaban J connectivity index is 0.00000320. The van der Waals surface area contributed by atoms with Crippen LogP contribution in [0.5, 0.6) is 0 Å². The van der Waals surface area contributed by atoms with Gasteiger partial charge in [-0.25, -0.2) is 8.78 Å². The van der Waals surface area contributed by atoms with Crippen molar-refractivity contribution in [3.8, 4) is 0 Å². The Morgan fingerprint density at radius 2 is 1.93 bits per heavy atom. The van der Waals surface area contributed by atoms with Gasteiger partial charge in [0.25, 0.3) is 0 Å². The summed E-state index contributed by atoms with van der Waals surface area (Å²) in [6, 6.07) is 9.14. The Kier molecular flexibility index (Phi) is 9.54. The molecule has 2 aromatic rings. The summed E-state index contributed by atoms with van der Waals surface area (Å²) < 4.78 is 29.7. The topological polar surface area (TPSA) is 61.7 Å². The zero-order valence-corrected chi connectivity index (χ0v) is 19.3. The number of nitrogens with zero attached hydrogens (tertiary/aromatic N) is 3. The fourth-order valence-corrected chi connectivity index (χ4v) is 3.52. The first-order valence-corrected chi connectivity index (χ1v) is 9.90. The Morgan fingerprint density at radius 3 is 2.63 bits per heavy atom. The first kappa shape index (κ1) is 24.1. The molecule has 0 radical (unpaired) electrons. The first-order valence-electron chi connectivity index (χ1n) is 9.90. The van der Waals surface area contributed by atoms with Crippen LogP contribution >= 0.6 is 24.0 Å². The molecule has 1 unspecified atom stereocenters. The van der Waals surface area contributed by atoms with E-state index in [0.29, 0.717) is 25.6 Å². The molecule has 0 saturated carbocycles. The zero-order chi connectivity index (χ0) is 20.6. The fraction of sp³-hybridized carbons (Fsp3) is 0.429. The van der Waals surface area contributed by atoms with E-state index in [1.165, 1.54) is 18.2 Å². The third-order valence-corrected chi connectivity index (χ3v) is 5.02. The van der Waals surface area contributed by atoms with Gasteiger partial charge in [0.1, 0.15) is 17.3 Å². The van der Waals surface area contributed by atoms with Crippen molar-refractivity contribution in [2.75, 3.05) is 31.6 Å². The van der Waals surface area contributed by atoms with E-state index in [-0.39, 0.29) is 41.3 Å². The van der Waals surface area contributed by atoms with Gasteiger partial charge in [0, 0.05) is 51.5 Å². The second kappa shape index (κ2) is 11.9. The molecule has 164 valence electrons. The van der Waals surface area contributed by atoms with Crippen LogP contribution in [0.25, 0.3) is 0 Å². The van der Waals surface area contributed by atoms with Crippen molar-refractivity contribution in [3.63, 3.8) is 0 Å². The lowest BCUT2D eigenvalue weighted by Crippen LogP contribution is -2.45. The summed E-state index contributed by atoms with van der Waals surface area (Å²) in [6.45, 7) is 2.49. The summed E-state index contributed by atoms with van der Waals surface area (Å²) in [5, 5.41) is 6.58. The maximum Gasteiger partial charge on any atom is 0.250 e. The SMILES string of the molecule is CN=C(NCCCCn1ccccc1=O)NC1CCN(c2c(F)cccc2F)C1.I. The van der Waals surface area contributed by atoms with E-state index < -0.39 is 11.6 Å². The van der Waals surface area contributed by atoms with Crippen LogP contribution in [-0.2, 0) is 6.54 Å². The van der Waals surface area contributed by atoms with Crippen LogP contribution in [-0.4, -0.2) is 43.3 Å². The highest BCUT2D eigenvalue weighted by Crippen LogP contribution is 2.26. The van der Waals surface area contributed by atoms with Gasteiger partial charge in [-0.05, 0) is 37.5 Å². The molecule has 0 amide bonds. The average Bonchev–Trinajstić information content (AvgIpc) is 3.16. The molecule has 30 heavy (non-hydrogen) atoms. The van der Waals surface area contributed by atoms with Crippen LogP contribution in [0, 0.1) is 11.6 Å². The molecule has 0 bridgehead atoms. The first-order chi connectivity index (χ1) is 14.1. The molecular weight excluding hydrogens is 503 g/mol. The number of para-hydroxylation sites is 1. The number of aryl methyl sites for hydroxylation is 1. The number of benzene rings is 1. The lowest BCUT2D eigenvalue weighted by Gasteiger charge is -2.21. The Morgan fingerprint density at radius 1 is 1.17 bits per heavy atom. The number of pyridine rings is 1. The molecule has 1 aliphatic heterocycles. The van der Waals surface area contributed by atoms with Crippen molar-refractivity contribution in [2.24, 2.45) is 4.99 Å². The van der Waals surface area contributed by atoms with Crippen molar-refractivity contribution in [2.45, 2.75) is 31.8 Å². The molecule has 3 rings (SSSR count). The second-order valence-corrected chi connectivity index (χ2v) is 7.08. The minimum atomic E-state index is -0.536. The highest BCUT2D eigenvalue weighted by atomic mass is 127. The number of unbranched alkanes of at least 4 members (excludes halogenated alkanes) is 1. The van der Waals surface area contributed by atoms with Gasteiger partial charge < -0.3 is 20.1 Å². The molecule has 1 aromatic carbocycles. The fourth-order valence-electron chi connectivity index (χ4n) is 3.52. The van der Waals surface area contributed by atoms with E-state index in [2.05, 4.69) is 15.6 Å². The predicted octanol–water partition coefficient (Wildman–Crippen LogP) is 2.97. The van der Waals surface area contributed by atoms with Gasteiger partial charge >= 0.3 is 0 Å². The maximum absolute atomic E-state index is 14.0. The van der Waals surface area contributed by atoms with Crippen LogP contribution in [0.1, 0.15) is 19.3 Å². The Bertz CT molecular complexity index is 885. The molecule has 0 aliphatic carbocycles. The number of aliphatic imine (C=N–C) groups is 1. The van der Waals surface area contributed by atoms with Crippen molar-refractivity contribution in [1.29, 1.82) is 0 Å². The van der Waals surface area contributed by atoms with Gasteiger partial charge in [0.2, 0.25) is 5.56 Å². The van der Waals surface area contributed by atoms with Crippen LogP contribution in [0.2, 0.25) is 0 Å². The summed E-state index contributed by atoms with van der Waals surface area (Å²) >= 11 is 0. The molecule has 1 aromatic heterocycles. The summed E-state index contributed by atoms with van der Waals surface area (Å²) in [5.74, 6) is -0.404. The number of hydrogen-bond acceptors (Lipinski definition) is 3. The number of rotatable bonds is 7. The Labute approximate surface area is 192 Å². The largest absolute Gasteiger partial charge is 0.365 e. The van der Waals surface area contributed by atoms with Gasteiger partial charge in [-0.2, -0.15) is 0 Å². The minimum absolute atomic E-state index is 0. The normalized spacial score (nSPS) is 16.3. The zero-order valence-electron chi connectivity index (χ0n) is 17.0. The summed E-state index contributed by atoms with van der Waals surface area (Å²) in [7, 11) is 1.70.